The van der Waals surface area contributed by atoms with Crippen molar-refractivity contribution < 1.29 is 23.5 Å². The van der Waals surface area contributed by atoms with E-state index >= 15 is 0 Å². The van der Waals surface area contributed by atoms with Crippen molar-refractivity contribution in [3.05, 3.63) is 17.0 Å². The molecule has 1 saturated heterocycles. The summed E-state index contributed by atoms with van der Waals surface area (Å²) in [7, 11) is 0. The van der Waals surface area contributed by atoms with E-state index in [1.165, 1.54) is 0 Å². The Bertz CT molecular complexity index is 515. The van der Waals surface area contributed by atoms with Crippen molar-refractivity contribution in [3.63, 3.8) is 0 Å². The molecule has 0 amide bonds. The van der Waals surface area contributed by atoms with Gasteiger partial charge in [0, 0.05) is 5.41 Å². The molecule has 1 aliphatic heterocycles. The first kappa shape index (κ1) is 16.5. The zero-order valence-corrected chi connectivity index (χ0v) is 14.3. The second-order valence-corrected chi connectivity index (χ2v) is 6.43. The van der Waals surface area contributed by atoms with E-state index in [9.17, 15) is 4.79 Å². The Morgan fingerprint density at radius 3 is 2.48 bits per heavy atom. The van der Waals surface area contributed by atoms with Crippen molar-refractivity contribution in [1.29, 1.82) is 0 Å². The summed E-state index contributed by atoms with van der Waals surface area (Å²) < 4.78 is 22.0. The van der Waals surface area contributed by atoms with Gasteiger partial charge in [-0.25, -0.2) is 4.79 Å². The summed E-state index contributed by atoms with van der Waals surface area (Å²) in [6, 6.07) is 0. The van der Waals surface area contributed by atoms with E-state index in [0.29, 0.717) is 29.9 Å². The molecule has 0 saturated carbocycles. The van der Waals surface area contributed by atoms with Gasteiger partial charge in [-0.15, -0.1) is 0 Å². The summed E-state index contributed by atoms with van der Waals surface area (Å²) in [4.78, 5) is 12.0. The van der Waals surface area contributed by atoms with Gasteiger partial charge >= 0.3 is 5.97 Å². The summed E-state index contributed by atoms with van der Waals surface area (Å²) in [5.74, 6) is -1.11. The summed E-state index contributed by atoms with van der Waals surface area (Å²) in [5, 5.41) is 4.23. The first-order valence-electron chi connectivity index (χ1n) is 6.83. The minimum absolute atomic E-state index is 0.0741. The first-order chi connectivity index (χ1) is 9.83. The number of halogens is 1. The number of nitrogens with zero attached hydrogens (tertiary/aromatic N) is 1. The van der Waals surface area contributed by atoms with Crippen LogP contribution in [0.3, 0.4) is 0 Å². The summed E-state index contributed by atoms with van der Waals surface area (Å²) >= 11 is 3.33. The van der Waals surface area contributed by atoms with Gasteiger partial charge in [-0.2, -0.15) is 0 Å². The van der Waals surface area contributed by atoms with Crippen LogP contribution in [0.15, 0.2) is 4.52 Å². The molecule has 0 aromatic carbocycles. The van der Waals surface area contributed by atoms with Gasteiger partial charge < -0.3 is 18.7 Å². The average Bonchev–Trinajstić information content (AvgIpc) is 2.87. The normalized spacial score (nSPS) is 20.2. The number of hydrogen-bond donors (Lipinski definition) is 0. The SMILES string of the molecule is CCOC(=O)c1noc(CBr)c1C1(C)OCC(C)(C)CO1. The number of carbonyl (C=O) groups is 1. The maximum atomic E-state index is 12.0. The Labute approximate surface area is 132 Å². The van der Waals surface area contributed by atoms with Crippen LogP contribution >= 0.6 is 15.9 Å². The number of hydrogen-bond acceptors (Lipinski definition) is 6. The highest BCUT2D eigenvalue weighted by Gasteiger charge is 2.44. The topological polar surface area (TPSA) is 70.8 Å². The van der Waals surface area contributed by atoms with Crippen molar-refractivity contribution in [2.75, 3.05) is 19.8 Å². The van der Waals surface area contributed by atoms with E-state index in [1.54, 1.807) is 13.8 Å². The second kappa shape index (κ2) is 6.06. The fourth-order valence-electron chi connectivity index (χ4n) is 2.12. The lowest BCUT2D eigenvalue weighted by Crippen LogP contribution is -2.44. The molecule has 2 rings (SSSR count). The van der Waals surface area contributed by atoms with Gasteiger partial charge in [0.1, 0.15) is 0 Å². The monoisotopic (exact) mass is 361 g/mol. The average molecular weight is 362 g/mol. The maximum absolute atomic E-state index is 12.0. The number of ether oxygens (including phenoxy) is 3. The number of rotatable bonds is 4. The molecule has 0 radical (unpaired) electrons. The zero-order chi connectivity index (χ0) is 15.7. The predicted octanol–water partition coefficient (Wildman–Crippen LogP) is 2.99. The molecular weight excluding hydrogens is 342 g/mol. The molecule has 1 fully saturated rings. The first-order valence-corrected chi connectivity index (χ1v) is 7.95. The lowest BCUT2D eigenvalue weighted by Gasteiger charge is -2.41. The predicted molar refractivity (Wildman–Crippen MR) is 78.1 cm³/mol. The summed E-state index contributed by atoms with van der Waals surface area (Å²) in [5.41, 5.74) is 0.525. The lowest BCUT2D eigenvalue weighted by molar-refractivity contribution is -0.298. The van der Waals surface area contributed by atoms with Crippen LogP contribution in [0.4, 0.5) is 0 Å². The smallest absolute Gasteiger partial charge is 0.361 e. The molecule has 1 aromatic heterocycles. The van der Waals surface area contributed by atoms with Gasteiger partial charge in [0.05, 0.1) is 30.7 Å². The standard InChI is InChI=1S/C14H20BrNO5/c1-5-18-12(17)11-10(9(6-15)21-16-11)14(4)19-7-13(2,3)8-20-14/h5-8H2,1-4H3. The molecule has 21 heavy (non-hydrogen) atoms. The number of aromatic nitrogens is 1. The Balaban J connectivity index is 2.37. The van der Waals surface area contributed by atoms with Crippen molar-refractivity contribution in [1.82, 2.24) is 5.16 Å². The van der Waals surface area contributed by atoms with Gasteiger partial charge in [-0.1, -0.05) is 34.9 Å². The van der Waals surface area contributed by atoms with E-state index in [1.807, 2.05) is 0 Å². The van der Waals surface area contributed by atoms with Crippen LogP contribution in [-0.2, 0) is 25.3 Å². The van der Waals surface area contributed by atoms with Gasteiger partial charge in [0.15, 0.2) is 17.2 Å². The quantitative estimate of drug-likeness (QED) is 0.606. The molecule has 118 valence electrons. The van der Waals surface area contributed by atoms with E-state index in [4.69, 9.17) is 18.7 Å². The minimum Gasteiger partial charge on any atom is -0.461 e. The maximum Gasteiger partial charge on any atom is 0.361 e. The number of carbonyl (C=O) groups excluding carboxylic acids is 1. The van der Waals surface area contributed by atoms with Crippen LogP contribution in [-0.4, -0.2) is 30.9 Å². The molecule has 2 heterocycles. The largest absolute Gasteiger partial charge is 0.461 e. The van der Waals surface area contributed by atoms with Crippen LogP contribution in [0.5, 0.6) is 0 Å². The number of esters is 1. The molecule has 1 aliphatic rings. The highest BCUT2D eigenvalue weighted by atomic mass is 79.9. The third-order valence-electron chi connectivity index (χ3n) is 3.28. The molecule has 0 unspecified atom stereocenters. The van der Waals surface area contributed by atoms with Crippen molar-refractivity contribution in [3.8, 4) is 0 Å². The molecule has 0 aliphatic carbocycles. The number of alkyl halides is 1. The summed E-state index contributed by atoms with van der Waals surface area (Å²) in [6.07, 6.45) is 0. The lowest BCUT2D eigenvalue weighted by atomic mass is 9.93. The third-order valence-corrected chi connectivity index (χ3v) is 3.79. The third kappa shape index (κ3) is 3.30. The van der Waals surface area contributed by atoms with E-state index < -0.39 is 11.8 Å². The molecule has 0 bridgehead atoms. The highest BCUT2D eigenvalue weighted by molar-refractivity contribution is 9.08. The molecule has 6 nitrogen and oxygen atoms in total. The molecule has 0 atom stereocenters. The Kier molecular flexibility index (Phi) is 4.75. The van der Waals surface area contributed by atoms with Crippen molar-refractivity contribution in [2.45, 2.75) is 38.8 Å². The molecule has 0 N–H and O–H groups in total. The van der Waals surface area contributed by atoms with Crippen molar-refractivity contribution in [2.24, 2.45) is 5.41 Å². The fraction of sp³-hybridized carbons (Fsp3) is 0.714. The van der Waals surface area contributed by atoms with Crippen LogP contribution in [0, 0.1) is 5.41 Å². The zero-order valence-electron chi connectivity index (χ0n) is 12.7. The Morgan fingerprint density at radius 1 is 1.33 bits per heavy atom. The van der Waals surface area contributed by atoms with Crippen LogP contribution < -0.4 is 0 Å². The molecule has 0 spiro atoms. The Morgan fingerprint density at radius 2 is 1.95 bits per heavy atom. The van der Waals surface area contributed by atoms with Gasteiger partial charge in [-0.05, 0) is 13.8 Å². The highest BCUT2D eigenvalue weighted by Crippen LogP contribution is 2.39. The van der Waals surface area contributed by atoms with Crippen molar-refractivity contribution >= 4 is 21.9 Å². The van der Waals surface area contributed by atoms with Gasteiger partial charge in [-0.3, -0.25) is 0 Å². The van der Waals surface area contributed by atoms with Crippen LogP contribution in [0.1, 0.15) is 49.5 Å². The molecule has 1 aromatic rings. The van der Waals surface area contributed by atoms with Crippen LogP contribution in [0.2, 0.25) is 0 Å². The van der Waals surface area contributed by atoms with Gasteiger partial charge in [0.2, 0.25) is 0 Å². The van der Waals surface area contributed by atoms with E-state index in [0.717, 1.165) is 0 Å². The Hall–Kier alpha value is -0.920. The van der Waals surface area contributed by atoms with Gasteiger partial charge in [0.25, 0.3) is 0 Å². The minimum atomic E-state index is -1.07. The second-order valence-electron chi connectivity index (χ2n) is 5.87. The summed E-state index contributed by atoms with van der Waals surface area (Å²) in [6.45, 7) is 8.90. The molecule has 7 heteroatoms. The van der Waals surface area contributed by atoms with E-state index in [-0.39, 0.29) is 17.7 Å². The fourth-order valence-corrected chi connectivity index (χ4v) is 2.50. The van der Waals surface area contributed by atoms with E-state index in [2.05, 4.69) is 34.9 Å². The van der Waals surface area contributed by atoms with Crippen LogP contribution in [0.25, 0.3) is 0 Å². The molecular formula is C14H20BrNO5.